The summed E-state index contributed by atoms with van der Waals surface area (Å²) in [5.74, 6) is 2.43. The Morgan fingerprint density at radius 1 is 1.08 bits per heavy atom. The van der Waals surface area contributed by atoms with Gasteiger partial charge in [-0.2, -0.15) is 5.10 Å². The second kappa shape index (κ2) is 7.30. The number of hydrogen-bond donors (Lipinski definition) is 2. The van der Waals surface area contributed by atoms with E-state index in [1.807, 2.05) is 37.3 Å². The lowest BCUT2D eigenvalue weighted by Crippen LogP contribution is -2.04. The van der Waals surface area contributed by atoms with Gasteiger partial charge in [-0.1, -0.05) is 31.5 Å². The number of nitrogens with one attached hydrogen (secondary N) is 1. The quantitative estimate of drug-likeness (QED) is 0.669. The summed E-state index contributed by atoms with van der Waals surface area (Å²) < 4.78 is 11.5. The highest BCUT2D eigenvalue weighted by Gasteiger charge is 2.14. The highest BCUT2D eigenvalue weighted by molar-refractivity contribution is 5.73. The number of benzene rings is 2. The molecular formula is C20H22N2O3. The number of rotatable bonds is 6. The molecule has 0 aliphatic heterocycles. The van der Waals surface area contributed by atoms with Gasteiger partial charge in [-0.25, -0.2) is 0 Å². The molecule has 3 rings (SSSR count). The third-order valence-corrected chi connectivity index (χ3v) is 3.68. The molecule has 0 spiro atoms. The molecule has 0 amide bonds. The molecule has 1 heterocycles. The zero-order chi connectivity index (χ0) is 17.8. The van der Waals surface area contributed by atoms with Gasteiger partial charge in [-0.15, -0.1) is 0 Å². The average molecular weight is 338 g/mol. The van der Waals surface area contributed by atoms with E-state index in [2.05, 4.69) is 24.0 Å². The van der Waals surface area contributed by atoms with Gasteiger partial charge in [-0.05, 0) is 37.1 Å². The zero-order valence-electron chi connectivity index (χ0n) is 14.6. The number of H-pyrrole nitrogens is 1. The van der Waals surface area contributed by atoms with Crippen LogP contribution in [0.3, 0.4) is 0 Å². The predicted molar refractivity (Wildman–Crippen MR) is 97.3 cm³/mol. The first-order chi connectivity index (χ1) is 12.0. The van der Waals surface area contributed by atoms with Crippen LogP contribution in [0.2, 0.25) is 0 Å². The number of aromatic hydroxyl groups is 1. The molecule has 0 radical (unpaired) electrons. The van der Waals surface area contributed by atoms with Gasteiger partial charge < -0.3 is 14.6 Å². The third kappa shape index (κ3) is 4.12. The molecule has 5 heteroatoms. The molecule has 130 valence electrons. The molecule has 0 aliphatic rings. The lowest BCUT2D eigenvalue weighted by atomic mass is 10.1. The van der Waals surface area contributed by atoms with Crippen LogP contribution in [0.25, 0.3) is 11.3 Å². The molecule has 0 saturated heterocycles. The Kier molecular flexibility index (Phi) is 4.93. The summed E-state index contributed by atoms with van der Waals surface area (Å²) in [7, 11) is 0. The average Bonchev–Trinajstić information content (AvgIpc) is 3.03. The van der Waals surface area contributed by atoms with Crippen molar-refractivity contribution in [3.8, 4) is 34.3 Å². The van der Waals surface area contributed by atoms with Crippen LogP contribution in [-0.4, -0.2) is 21.9 Å². The fourth-order valence-corrected chi connectivity index (χ4v) is 2.35. The molecule has 0 saturated carbocycles. The van der Waals surface area contributed by atoms with E-state index in [-0.39, 0.29) is 5.75 Å². The Bertz CT molecular complexity index is 838. The maximum Gasteiger partial charge on any atom is 0.173 e. The maximum absolute atomic E-state index is 10.4. The molecule has 2 aromatic carbocycles. The Labute approximate surface area is 147 Å². The van der Waals surface area contributed by atoms with Gasteiger partial charge in [0.15, 0.2) is 5.75 Å². The molecule has 5 nitrogen and oxygen atoms in total. The first-order valence-electron chi connectivity index (χ1n) is 8.27. The van der Waals surface area contributed by atoms with E-state index >= 15 is 0 Å². The van der Waals surface area contributed by atoms with Crippen LogP contribution in [0.4, 0.5) is 0 Å². The van der Waals surface area contributed by atoms with Gasteiger partial charge in [-0.3, -0.25) is 5.10 Å². The van der Waals surface area contributed by atoms with Gasteiger partial charge >= 0.3 is 0 Å². The highest BCUT2D eigenvalue weighted by atomic mass is 16.5. The zero-order valence-corrected chi connectivity index (χ0v) is 14.6. The van der Waals surface area contributed by atoms with Gasteiger partial charge in [0.2, 0.25) is 0 Å². The summed E-state index contributed by atoms with van der Waals surface area (Å²) in [4.78, 5) is 0. The van der Waals surface area contributed by atoms with Crippen molar-refractivity contribution >= 4 is 0 Å². The lowest BCUT2D eigenvalue weighted by molar-refractivity contribution is 0.270. The number of hydrogen-bond acceptors (Lipinski definition) is 4. The molecule has 25 heavy (non-hydrogen) atoms. The standard InChI is InChI=1S/C20H22N2O3/c1-13(2)12-24-16-8-9-17(18(23)10-16)20-19(11-21-22-20)25-15-6-4-14(3)5-7-15/h4-11,13,23H,12H2,1-3H3,(H,21,22). The summed E-state index contributed by atoms with van der Waals surface area (Å²) in [6, 6.07) is 13.0. The first kappa shape index (κ1) is 16.9. The number of aromatic nitrogens is 2. The molecule has 0 unspecified atom stereocenters. The highest BCUT2D eigenvalue weighted by Crippen LogP contribution is 2.37. The Morgan fingerprint density at radius 2 is 1.80 bits per heavy atom. The third-order valence-electron chi connectivity index (χ3n) is 3.68. The molecule has 0 atom stereocenters. The normalized spacial score (nSPS) is 10.9. The summed E-state index contributed by atoms with van der Waals surface area (Å²) in [6.07, 6.45) is 1.60. The largest absolute Gasteiger partial charge is 0.507 e. The molecular weight excluding hydrogens is 316 g/mol. The van der Waals surface area contributed by atoms with Crippen molar-refractivity contribution in [3.63, 3.8) is 0 Å². The number of nitrogens with zero attached hydrogens (tertiary/aromatic N) is 1. The fourth-order valence-electron chi connectivity index (χ4n) is 2.35. The molecule has 2 N–H and O–H groups in total. The minimum Gasteiger partial charge on any atom is -0.507 e. The smallest absolute Gasteiger partial charge is 0.173 e. The Balaban J connectivity index is 1.83. The van der Waals surface area contributed by atoms with Gasteiger partial charge in [0.25, 0.3) is 0 Å². The van der Waals surface area contributed by atoms with Gasteiger partial charge in [0.05, 0.1) is 12.8 Å². The fraction of sp³-hybridized carbons (Fsp3) is 0.250. The van der Waals surface area contributed by atoms with Crippen LogP contribution < -0.4 is 9.47 Å². The minimum absolute atomic E-state index is 0.110. The second-order valence-electron chi connectivity index (χ2n) is 6.41. The van der Waals surface area contributed by atoms with E-state index in [1.165, 1.54) is 0 Å². The van der Waals surface area contributed by atoms with Crippen molar-refractivity contribution in [2.75, 3.05) is 6.61 Å². The van der Waals surface area contributed by atoms with Gasteiger partial charge in [0.1, 0.15) is 22.9 Å². The van der Waals surface area contributed by atoms with Crippen LogP contribution >= 0.6 is 0 Å². The molecule has 0 aliphatic carbocycles. The minimum atomic E-state index is 0.110. The SMILES string of the molecule is Cc1ccc(Oc2cn[nH]c2-c2ccc(OCC(C)C)cc2O)cc1. The molecule has 1 aromatic heterocycles. The van der Waals surface area contributed by atoms with Crippen LogP contribution in [0.5, 0.6) is 23.0 Å². The maximum atomic E-state index is 10.4. The summed E-state index contributed by atoms with van der Waals surface area (Å²) in [5, 5.41) is 17.3. The second-order valence-corrected chi connectivity index (χ2v) is 6.41. The monoisotopic (exact) mass is 338 g/mol. The van der Waals surface area contributed by atoms with E-state index in [0.29, 0.717) is 41.0 Å². The summed E-state index contributed by atoms with van der Waals surface area (Å²) >= 11 is 0. The number of aryl methyl sites for hydroxylation is 1. The molecule has 0 bridgehead atoms. The van der Waals surface area contributed by atoms with Crippen LogP contribution in [0, 0.1) is 12.8 Å². The summed E-state index contributed by atoms with van der Waals surface area (Å²) in [6.45, 7) is 6.78. The Hall–Kier alpha value is -2.95. The van der Waals surface area contributed by atoms with Crippen molar-refractivity contribution in [1.82, 2.24) is 10.2 Å². The predicted octanol–water partition coefficient (Wildman–Crippen LogP) is 4.92. The van der Waals surface area contributed by atoms with E-state index in [1.54, 1.807) is 18.3 Å². The molecule has 0 fully saturated rings. The van der Waals surface area contributed by atoms with E-state index in [9.17, 15) is 5.11 Å². The number of phenols is 1. The number of ether oxygens (including phenoxy) is 2. The van der Waals surface area contributed by atoms with Crippen molar-refractivity contribution in [2.45, 2.75) is 20.8 Å². The van der Waals surface area contributed by atoms with Crippen molar-refractivity contribution in [2.24, 2.45) is 5.92 Å². The van der Waals surface area contributed by atoms with E-state index in [4.69, 9.17) is 9.47 Å². The number of aromatic amines is 1. The van der Waals surface area contributed by atoms with Crippen LogP contribution in [-0.2, 0) is 0 Å². The first-order valence-corrected chi connectivity index (χ1v) is 8.27. The van der Waals surface area contributed by atoms with Crippen molar-refractivity contribution in [1.29, 1.82) is 0 Å². The van der Waals surface area contributed by atoms with Crippen LogP contribution in [0.15, 0.2) is 48.7 Å². The van der Waals surface area contributed by atoms with Crippen molar-refractivity contribution in [3.05, 3.63) is 54.2 Å². The van der Waals surface area contributed by atoms with E-state index < -0.39 is 0 Å². The molecule has 3 aromatic rings. The van der Waals surface area contributed by atoms with E-state index in [0.717, 1.165) is 5.56 Å². The van der Waals surface area contributed by atoms with Crippen LogP contribution in [0.1, 0.15) is 19.4 Å². The lowest BCUT2D eigenvalue weighted by Gasteiger charge is -2.11. The van der Waals surface area contributed by atoms with Crippen molar-refractivity contribution < 1.29 is 14.6 Å². The summed E-state index contributed by atoms with van der Waals surface area (Å²) in [5.41, 5.74) is 2.39. The van der Waals surface area contributed by atoms with Gasteiger partial charge in [0, 0.05) is 11.6 Å². The Morgan fingerprint density at radius 3 is 2.48 bits per heavy atom. The number of phenolic OH excluding ortho intramolecular Hbond substituents is 1. The topological polar surface area (TPSA) is 67.4 Å².